The second-order valence-corrected chi connectivity index (χ2v) is 6.73. The summed E-state index contributed by atoms with van der Waals surface area (Å²) in [7, 11) is 0. The monoisotopic (exact) mass is 476 g/mol. The first-order chi connectivity index (χ1) is 16.5. The zero-order valence-corrected chi connectivity index (χ0v) is 17.7. The number of alkyl halides is 4. The van der Waals surface area contributed by atoms with Crippen LogP contribution < -0.4 is 9.47 Å². The number of oxime groups is 2. The van der Waals surface area contributed by atoms with Crippen molar-refractivity contribution in [1.82, 2.24) is 0 Å². The van der Waals surface area contributed by atoms with Gasteiger partial charge in [0.05, 0.1) is 12.4 Å². The third-order valence-corrected chi connectivity index (χ3v) is 4.25. The molecule has 3 aromatic carbocycles. The van der Waals surface area contributed by atoms with Gasteiger partial charge in [0.1, 0.15) is 24.7 Å². The Kier molecular flexibility index (Phi) is 9.27. The largest absolute Gasteiger partial charge is 0.435 e. The molecule has 0 radical (unpaired) electrons. The van der Waals surface area contributed by atoms with E-state index in [0.29, 0.717) is 11.1 Å². The predicted molar refractivity (Wildman–Crippen MR) is 117 cm³/mol. The molecular weight excluding hydrogens is 456 g/mol. The second-order valence-electron chi connectivity index (χ2n) is 6.73. The summed E-state index contributed by atoms with van der Waals surface area (Å²) < 4.78 is 57.1. The number of hydrogen-bond donors (Lipinski definition) is 0. The molecule has 6 nitrogen and oxygen atoms in total. The summed E-state index contributed by atoms with van der Waals surface area (Å²) in [6.07, 6.45) is 2.93. The fraction of sp³-hybridized carbons (Fsp3) is 0.167. The molecule has 0 aromatic heterocycles. The van der Waals surface area contributed by atoms with Gasteiger partial charge in [-0.2, -0.15) is 17.6 Å². The standard InChI is InChI=1S/C24H20F4N2O4/c25-23(26)33-21-9-5-17(6-10-21)13-29-31-15-19-1-2-20(4-3-19)16-32-30-14-18-7-11-22(12-8-18)34-24(27)28/h1-14,23-24H,15-16H2. The van der Waals surface area contributed by atoms with Gasteiger partial charge in [0.15, 0.2) is 0 Å². The Balaban J connectivity index is 1.37. The lowest BCUT2D eigenvalue weighted by molar-refractivity contribution is -0.0505. The Morgan fingerprint density at radius 1 is 0.559 bits per heavy atom. The molecule has 3 aromatic rings. The Morgan fingerprint density at radius 2 is 0.912 bits per heavy atom. The molecular formula is C24H20F4N2O4. The number of nitrogens with zero attached hydrogens (tertiary/aromatic N) is 2. The average molecular weight is 476 g/mol. The van der Waals surface area contributed by atoms with E-state index in [4.69, 9.17) is 9.68 Å². The lowest BCUT2D eigenvalue weighted by Gasteiger charge is -2.04. The van der Waals surface area contributed by atoms with E-state index < -0.39 is 13.2 Å². The van der Waals surface area contributed by atoms with Crippen molar-refractivity contribution in [3.63, 3.8) is 0 Å². The second kappa shape index (κ2) is 12.8. The topological polar surface area (TPSA) is 61.6 Å². The fourth-order valence-corrected chi connectivity index (χ4v) is 2.62. The van der Waals surface area contributed by atoms with Crippen molar-refractivity contribution in [2.75, 3.05) is 0 Å². The number of rotatable bonds is 12. The lowest BCUT2D eigenvalue weighted by Crippen LogP contribution is -2.01. The summed E-state index contributed by atoms with van der Waals surface area (Å²) in [6, 6.07) is 19.4. The van der Waals surface area contributed by atoms with Crippen molar-refractivity contribution in [2.45, 2.75) is 26.4 Å². The zero-order valence-electron chi connectivity index (χ0n) is 17.7. The normalized spacial score (nSPS) is 11.5. The third kappa shape index (κ3) is 8.81. The van der Waals surface area contributed by atoms with Gasteiger partial charge in [-0.1, -0.05) is 34.6 Å². The maximum atomic E-state index is 12.1. The Morgan fingerprint density at radius 3 is 1.24 bits per heavy atom. The molecule has 0 fully saturated rings. The van der Waals surface area contributed by atoms with Crippen molar-refractivity contribution in [2.24, 2.45) is 10.3 Å². The summed E-state index contributed by atoms with van der Waals surface area (Å²) in [6.45, 7) is -5.24. The van der Waals surface area contributed by atoms with E-state index in [1.54, 1.807) is 24.3 Å². The van der Waals surface area contributed by atoms with E-state index in [9.17, 15) is 17.6 Å². The first kappa shape index (κ1) is 24.6. The molecule has 0 heterocycles. The van der Waals surface area contributed by atoms with Crippen LogP contribution in [0.5, 0.6) is 11.5 Å². The van der Waals surface area contributed by atoms with Crippen molar-refractivity contribution in [3.05, 3.63) is 95.1 Å². The molecule has 0 aliphatic heterocycles. The number of benzene rings is 3. The van der Waals surface area contributed by atoms with Gasteiger partial charge in [-0.05, 0) is 70.8 Å². The van der Waals surface area contributed by atoms with Gasteiger partial charge >= 0.3 is 13.2 Å². The van der Waals surface area contributed by atoms with Crippen LogP contribution in [0.2, 0.25) is 0 Å². The Bertz CT molecular complexity index is 971. The summed E-state index contributed by atoms with van der Waals surface area (Å²) in [4.78, 5) is 10.5. The molecule has 0 saturated carbocycles. The minimum absolute atomic E-state index is 0.0687. The van der Waals surface area contributed by atoms with Crippen molar-refractivity contribution >= 4 is 12.4 Å². The molecule has 0 N–H and O–H groups in total. The van der Waals surface area contributed by atoms with E-state index in [1.807, 2.05) is 24.3 Å². The van der Waals surface area contributed by atoms with Crippen LogP contribution in [-0.4, -0.2) is 25.7 Å². The van der Waals surface area contributed by atoms with Crippen molar-refractivity contribution in [3.8, 4) is 11.5 Å². The van der Waals surface area contributed by atoms with Gasteiger partial charge in [-0.3, -0.25) is 0 Å². The van der Waals surface area contributed by atoms with Crippen LogP contribution in [0.3, 0.4) is 0 Å². The summed E-state index contributed by atoms with van der Waals surface area (Å²) >= 11 is 0. The summed E-state index contributed by atoms with van der Waals surface area (Å²) in [5.74, 6) is 0.137. The lowest BCUT2D eigenvalue weighted by atomic mass is 10.1. The van der Waals surface area contributed by atoms with Crippen molar-refractivity contribution in [1.29, 1.82) is 0 Å². The van der Waals surface area contributed by atoms with Crippen LogP contribution in [0.1, 0.15) is 22.3 Å². The fourth-order valence-electron chi connectivity index (χ4n) is 2.62. The van der Waals surface area contributed by atoms with E-state index in [1.165, 1.54) is 36.7 Å². The highest BCUT2D eigenvalue weighted by Crippen LogP contribution is 2.15. The van der Waals surface area contributed by atoms with Crippen LogP contribution in [0, 0.1) is 0 Å². The minimum atomic E-state index is -2.86. The van der Waals surface area contributed by atoms with Gasteiger partial charge in [0.25, 0.3) is 0 Å². The summed E-state index contributed by atoms with van der Waals surface area (Å²) in [5, 5.41) is 7.71. The molecule has 178 valence electrons. The molecule has 0 unspecified atom stereocenters. The van der Waals surface area contributed by atoms with Crippen LogP contribution in [0.15, 0.2) is 83.1 Å². The van der Waals surface area contributed by atoms with Crippen LogP contribution in [0.4, 0.5) is 17.6 Å². The molecule has 0 bridgehead atoms. The highest BCUT2D eigenvalue weighted by atomic mass is 19.3. The van der Waals surface area contributed by atoms with Crippen LogP contribution in [0.25, 0.3) is 0 Å². The minimum Gasteiger partial charge on any atom is -0.435 e. The average Bonchev–Trinajstić information content (AvgIpc) is 2.82. The third-order valence-electron chi connectivity index (χ3n) is 4.25. The van der Waals surface area contributed by atoms with Gasteiger partial charge in [-0.25, -0.2) is 0 Å². The van der Waals surface area contributed by atoms with E-state index >= 15 is 0 Å². The first-order valence-corrected chi connectivity index (χ1v) is 9.96. The molecule has 0 saturated heterocycles. The maximum absolute atomic E-state index is 12.1. The van der Waals surface area contributed by atoms with Gasteiger partial charge in [0.2, 0.25) is 0 Å². The molecule has 0 spiro atoms. The molecule has 10 heteroatoms. The van der Waals surface area contributed by atoms with E-state index in [2.05, 4.69) is 19.8 Å². The molecule has 0 atom stereocenters. The summed E-state index contributed by atoms with van der Waals surface area (Å²) in [5.41, 5.74) is 3.12. The smallest absolute Gasteiger partial charge is 0.387 e. The van der Waals surface area contributed by atoms with Gasteiger partial charge in [0, 0.05) is 0 Å². The maximum Gasteiger partial charge on any atom is 0.387 e. The van der Waals surface area contributed by atoms with Crippen molar-refractivity contribution < 1.29 is 36.7 Å². The predicted octanol–water partition coefficient (Wildman–Crippen LogP) is 5.99. The molecule has 0 aliphatic carbocycles. The molecule has 3 rings (SSSR count). The highest BCUT2D eigenvalue weighted by molar-refractivity contribution is 5.79. The Labute approximate surface area is 193 Å². The first-order valence-electron chi connectivity index (χ1n) is 9.96. The highest BCUT2D eigenvalue weighted by Gasteiger charge is 2.04. The van der Waals surface area contributed by atoms with Gasteiger partial charge in [-0.15, -0.1) is 0 Å². The van der Waals surface area contributed by atoms with Crippen LogP contribution >= 0.6 is 0 Å². The SMILES string of the molecule is FC(F)Oc1ccc(C=NOCc2ccc(CON=Cc3ccc(OC(F)F)cc3)cc2)cc1. The molecule has 0 amide bonds. The quantitative estimate of drug-likeness (QED) is 0.183. The zero-order chi connectivity index (χ0) is 24.2. The number of hydrogen-bond acceptors (Lipinski definition) is 6. The molecule has 34 heavy (non-hydrogen) atoms. The Hall–Kier alpha value is -4.08. The number of ether oxygens (including phenoxy) is 2. The number of halogens is 4. The molecule has 0 aliphatic rings. The van der Waals surface area contributed by atoms with E-state index in [-0.39, 0.29) is 24.7 Å². The van der Waals surface area contributed by atoms with E-state index in [0.717, 1.165) is 11.1 Å². The van der Waals surface area contributed by atoms with Crippen LogP contribution in [-0.2, 0) is 22.9 Å². The van der Waals surface area contributed by atoms with Gasteiger partial charge < -0.3 is 19.1 Å².